The minimum atomic E-state index is -0.901. The van der Waals surface area contributed by atoms with Gasteiger partial charge < -0.3 is 10.0 Å². The third-order valence-electron chi connectivity index (χ3n) is 1.16. The first-order chi connectivity index (χ1) is 5.54. The van der Waals surface area contributed by atoms with Crippen LogP contribution in [0.25, 0.3) is 0 Å². The van der Waals surface area contributed by atoms with Crippen LogP contribution in [-0.2, 0) is 4.79 Å². The van der Waals surface area contributed by atoms with Gasteiger partial charge in [-0.25, -0.2) is 4.79 Å². The van der Waals surface area contributed by atoms with Gasteiger partial charge in [0.15, 0.2) is 0 Å². The fraction of sp³-hybridized carbons (Fsp3) is 0.625. The third-order valence-corrected chi connectivity index (χ3v) is 1.16. The van der Waals surface area contributed by atoms with Crippen molar-refractivity contribution in [1.29, 1.82) is 0 Å². The van der Waals surface area contributed by atoms with E-state index in [1.165, 1.54) is 6.38 Å². The molecule has 3 nitrogen and oxygen atoms in total. The van der Waals surface area contributed by atoms with Gasteiger partial charge in [0.2, 0.25) is 0 Å². The number of aliphatic carboxylic acids is 1. The minimum Gasteiger partial charge on any atom is -0.478 e. The van der Waals surface area contributed by atoms with E-state index >= 15 is 0 Å². The second kappa shape index (κ2) is 8.56. The maximum Gasteiger partial charge on any atom is 0.331 e. The molecule has 0 bridgehead atoms. The lowest BCUT2D eigenvalue weighted by molar-refractivity contribution is -0.132. The molecular weight excluding hydrogens is 178 g/mol. The maximum absolute atomic E-state index is 10.2. The second-order valence-electron chi connectivity index (χ2n) is 2.46. The second-order valence-corrected chi connectivity index (χ2v) is 2.46. The molecule has 12 heavy (non-hydrogen) atoms. The Morgan fingerprint density at radius 3 is 2.17 bits per heavy atom. The highest BCUT2D eigenvalue weighted by molar-refractivity contribution is 6.15. The summed E-state index contributed by atoms with van der Waals surface area (Å²) >= 11 is 4.64. The van der Waals surface area contributed by atoms with Crippen molar-refractivity contribution in [3.63, 3.8) is 0 Å². The maximum atomic E-state index is 10.2. The number of nitrogens with zero attached hydrogens (tertiary/aromatic N) is 1. The molecule has 0 heterocycles. The molecule has 0 atom stereocenters. The van der Waals surface area contributed by atoms with E-state index in [0.29, 0.717) is 6.42 Å². The van der Waals surface area contributed by atoms with Gasteiger partial charge in [0.1, 0.15) is 0 Å². The van der Waals surface area contributed by atoms with E-state index in [0.717, 1.165) is 6.54 Å². The summed E-state index contributed by atoms with van der Waals surface area (Å²) in [5.41, 5.74) is 0.272. The van der Waals surface area contributed by atoms with Gasteiger partial charge in [-0.3, -0.25) is 0 Å². The third kappa shape index (κ3) is 9.46. The Kier molecular flexibility index (Phi) is 9.99. The standard InChI is InChI=1S/C7H13NO2.CH3Cl/c1-6(7(9)10)4-5-8(2)3;1-2/h1,4-5H2,2-3H3,(H,9,10);1H3. The van der Waals surface area contributed by atoms with Crippen molar-refractivity contribution in [2.24, 2.45) is 0 Å². The van der Waals surface area contributed by atoms with Crippen LogP contribution in [-0.4, -0.2) is 43.0 Å². The first-order valence-electron chi connectivity index (χ1n) is 3.47. The van der Waals surface area contributed by atoms with Crippen molar-refractivity contribution < 1.29 is 9.90 Å². The Labute approximate surface area is 78.6 Å². The van der Waals surface area contributed by atoms with Crippen LogP contribution in [0, 0.1) is 0 Å². The predicted molar refractivity (Wildman–Crippen MR) is 51.7 cm³/mol. The first kappa shape index (κ1) is 14.0. The van der Waals surface area contributed by atoms with Crippen molar-refractivity contribution in [2.45, 2.75) is 6.42 Å². The summed E-state index contributed by atoms with van der Waals surface area (Å²) in [5.74, 6) is -0.901. The average molecular weight is 194 g/mol. The summed E-state index contributed by atoms with van der Waals surface area (Å²) in [5, 5.41) is 8.38. The van der Waals surface area contributed by atoms with Crippen molar-refractivity contribution in [3.05, 3.63) is 12.2 Å². The lowest BCUT2D eigenvalue weighted by Crippen LogP contribution is -2.15. The van der Waals surface area contributed by atoms with Crippen LogP contribution < -0.4 is 0 Å². The zero-order chi connectivity index (χ0) is 10.1. The number of halogens is 1. The zero-order valence-corrected chi connectivity index (χ0v) is 8.56. The molecule has 0 saturated carbocycles. The van der Waals surface area contributed by atoms with Crippen LogP contribution in [0.3, 0.4) is 0 Å². The van der Waals surface area contributed by atoms with Crippen LogP contribution in [0.2, 0.25) is 0 Å². The van der Waals surface area contributed by atoms with E-state index in [1.54, 1.807) is 0 Å². The molecule has 0 aliphatic carbocycles. The van der Waals surface area contributed by atoms with Crippen LogP contribution in [0.4, 0.5) is 0 Å². The molecule has 0 amide bonds. The van der Waals surface area contributed by atoms with E-state index in [1.807, 2.05) is 19.0 Å². The van der Waals surface area contributed by atoms with Crippen LogP contribution in [0.1, 0.15) is 6.42 Å². The number of alkyl halides is 1. The van der Waals surface area contributed by atoms with Gasteiger partial charge in [-0.2, -0.15) is 0 Å². The molecule has 0 unspecified atom stereocenters. The Balaban J connectivity index is 0. The van der Waals surface area contributed by atoms with Crippen molar-refractivity contribution >= 4 is 17.6 Å². The molecule has 0 fully saturated rings. The van der Waals surface area contributed by atoms with E-state index < -0.39 is 5.97 Å². The van der Waals surface area contributed by atoms with E-state index in [-0.39, 0.29) is 5.57 Å². The molecule has 0 aromatic carbocycles. The highest BCUT2D eigenvalue weighted by atomic mass is 35.5. The Hall–Kier alpha value is -0.540. The molecule has 0 aromatic rings. The summed E-state index contributed by atoms with van der Waals surface area (Å²) in [7, 11) is 3.80. The predicted octanol–water partition coefficient (Wildman–Crippen LogP) is 1.43. The number of rotatable bonds is 4. The first-order valence-corrected chi connectivity index (χ1v) is 4.23. The Morgan fingerprint density at radius 2 is 1.92 bits per heavy atom. The number of carboxylic acid groups (broad SMARTS) is 1. The van der Waals surface area contributed by atoms with Crippen molar-refractivity contribution in [1.82, 2.24) is 4.90 Å². The molecular formula is C8H16ClNO2. The lowest BCUT2D eigenvalue weighted by atomic mass is 10.2. The summed E-state index contributed by atoms with van der Waals surface area (Å²) in [6.07, 6.45) is 2.00. The smallest absolute Gasteiger partial charge is 0.331 e. The molecule has 0 rings (SSSR count). The molecule has 0 aliphatic rings. The van der Waals surface area contributed by atoms with Crippen LogP contribution in [0.15, 0.2) is 12.2 Å². The van der Waals surface area contributed by atoms with E-state index in [4.69, 9.17) is 5.11 Å². The summed E-state index contributed by atoms with van der Waals surface area (Å²) < 4.78 is 0. The Bertz CT molecular complexity index is 146. The quantitative estimate of drug-likeness (QED) is 0.543. The van der Waals surface area contributed by atoms with Crippen molar-refractivity contribution in [2.75, 3.05) is 27.0 Å². The highest BCUT2D eigenvalue weighted by Gasteiger charge is 2.02. The Morgan fingerprint density at radius 1 is 1.50 bits per heavy atom. The molecule has 4 heteroatoms. The molecule has 0 saturated heterocycles. The van der Waals surface area contributed by atoms with E-state index in [9.17, 15) is 4.79 Å². The normalized spacial score (nSPS) is 8.75. The topological polar surface area (TPSA) is 40.5 Å². The zero-order valence-electron chi connectivity index (χ0n) is 7.80. The highest BCUT2D eigenvalue weighted by Crippen LogP contribution is 1.97. The number of hydrogen-bond acceptors (Lipinski definition) is 2. The number of carboxylic acids is 1. The molecule has 0 radical (unpaired) electrons. The summed E-state index contributed by atoms with van der Waals surface area (Å²) in [6.45, 7) is 4.14. The lowest BCUT2D eigenvalue weighted by Gasteiger charge is -2.07. The number of carbonyl (C=O) groups is 1. The molecule has 0 spiro atoms. The summed E-state index contributed by atoms with van der Waals surface area (Å²) in [6, 6.07) is 0. The largest absolute Gasteiger partial charge is 0.478 e. The molecule has 1 N–H and O–H groups in total. The van der Waals surface area contributed by atoms with Gasteiger partial charge in [0, 0.05) is 18.5 Å². The molecule has 0 aromatic heterocycles. The average Bonchev–Trinajstić information content (AvgIpc) is 2.03. The van der Waals surface area contributed by atoms with Gasteiger partial charge >= 0.3 is 5.97 Å². The fourth-order valence-corrected chi connectivity index (χ4v) is 0.465. The summed E-state index contributed by atoms with van der Waals surface area (Å²) in [4.78, 5) is 12.1. The monoisotopic (exact) mass is 193 g/mol. The van der Waals surface area contributed by atoms with Gasteiger partial charge in [-0.1, -0.05) is 6.58 Å². The van der Waals surface area contributed by atoms with Gasteiger partial charge in [-0.15, -0.1) is 11.6 Å². The van der Waals surface area contributed by atoms with E-state index in [2.05, 4.69) is 18.2 Å². The van der Waals surface area contributed by atoms with Crippen LogP contribution >= 0.6 is 11.6 Å². The van der Waals surface area contributed by atoms with Crippen LogP contribution in [0.5, 0.6) is 0 Å². The minimum absolute atomic E-state index is 0.272. The van der Waals surface area contributed by atoms with Gasteiger partial charge in [0.05, 0.1) is 0 Å². The van der Waals surface area contributed by atoms with Gasteiger partial charge in [0.25, 0.3) is 0 Å². The SMILES string of the molecule is C=C(CCN(C)C)C(=O)O.CCl. The van der Waals surface area contributed by atoms with Crippen molar-refractivity contribution in [3.8, 4) is 0 Å². The number of hydrogen-bond donors (Lipinski definition) is 1. The van der Waals surface area contributed by atoms with Gasteiger partial charge in [-0.05, 0) is 20.5 Å². The molecule has 72 valence electrons. The molecule has 0 aliphatic heterocycles. The fourth-order valence-electron chi connectivity index (χ4n) is 0.465.